The van der Waals surface area contributed by atoms with Gasteiger partial charge in [0.25, 0.3) is 0 Å². The van der Waals surface area contributed by atoms with Gasteiger partial charge in [0.15, 0.2) is 0 Å². The largest absolute Gasteiger partial charge is 0.389 e. The molecule has 0 unspecified atom stereocenters. The first-order chi connectivity index (χ1) is 5.34. The molecule has 1 fully saturated rings. The summed E-state index contributed by atoms with van der Waals surface area (Å²) in [5.74, 6) is 0.537. The summed E-state index contributed by atoms with van der Waals surface area (Å²) in [6, 6.07) is 0. The second kappa shape index (κ2) is 5.14. The van der Waals surface area contributed by atoms with E-state index in [1.807, 2.05) is 10.2 Å². The molecule has 0 amide bonds. The van der Waals surface area contributed by atoms with Crippen LogP contribution in [0, 0.1) is 5.92 Å². The van der Waals surface area contributed by atoms with E-state index in [2.05, 4.69) is 22.6 Å². The van der Waals surface area contributed by atoms with Crippen molar-refractivity contribution < 1.29 is 5.11 Å². The summed E-state index contributed by atoms with van der Waals surface area (Å²) < 4.78 is 1.91. The van der Waals surface area contributed by atoms with E-state index in [-0.39, 0.29) is 6.10 Å². The number of hydrogen-bond donors (Lipinski definition) is 1. The fourth-order valence-electron chi connectivity index (χ4n) is 1.71. The van der Waals surface area contributed by atoms with Gasteiger partial charge in [-0.1, -0.05) is 41.9 Å². The summed E-state index contributed by atoms with van der Waals surface area (Å²) in [7, 11) is 0. The number of hydrogen-bond acceptors (Lipinski definition) is 1. The van der Waals surface area contributed by atoms with Crippen LogP contribution in [0.4, 0.5) is 0 Å². The topological polar surface area (TPSA) is 20.2 Å². The Morgan fingerprint density at radius 1 is 1.27 bits per heavy atom. The van der Waals surface area contributed by atoms with E-state index in [0.717, 1.165) is 0 Å². The quantitative estimate of drug-likeness (QED) is 0.762. The van der Waals surface area contributed by atoms with E-state index >= 15 is 0 Å². The maximum absolute atomic E-state index is 9.58. The average molecular weight is 266 g/mol. The Balaban J connectivity index is 2.32. The molecule has 0 radical (unpaired) electrons. The smallest absolute Gasteiger partial charge is 0.0756 e. The molecular weight excluding hydrogens is 251 g/mol. The monoisotopic (exact) mass is 266 g/mol. The highest BCUT2D eigenvalue weighted by Crippen LogP contribution is 2.26. The predicted molar refractivity (Wildman–Crippen MR) is 55.7 cm³/mol. The molecule has 0 aromatic rings. The van der Waals surface area contributed by atoms with E-state index in [9.17, 15) is 5.11 Å². The summed E-state index contributed by atoms with van der Waals surface area (Å²) in [5, 5.41) is 9.58. The Morgan fingerprint density at radius 2 is 1.91 bits per heavy atom. The SMILES string of the molecule is O[C@@H](/C=C/I)C1CCCCC1. The van der Waals surface area contributed by atoms with Crippen LogP contribution in [0.25, 0.3) is 0 Å². The molecule has 11 heavy (non-hydrogen) atoms. The van der Waals surface area contributed by atoms with Crippen molar-refractivity contribution in [1.29, 1.82) is 0 Å². The predicted octanol–water partition coefficient (Wildman–Crippen LogP) is 2.88. The molecule has 0 aromatic carbocycles. The van der Waals surface area contributed by atoms with Crippen LogP contribution >= 0.6 is 22.6 Å². The van der Waals surface area contributed by atoms with Crippen molar-refractivity contribution in [3.63, 3.8) is 0 Å². The highest BCUT2D eigenvalue weighted by atomic mass is 127. The Bertz CT molecular complexity index is 128. The van der Waals surface area contributed by atoms with Gasteiger partial charge in [0.05, 0.1) is 6.10 Å². The van der Waals surface area contributed by atoms with Crippen molar-refractivity contribution in [2.24, 2.45) is 5.92 Å². The Morgan fingerprint density at radius 3 is 2.45 bits per heavy atom. The molecule has 1 aliphatic rings. The van der Waals surface area contributed by atoms with Gasteiger partial charge in [-0.05, 0) is 28.9 Å². The van der Waals surface area contributed by atoms with Gasteiger partial charge in [-0.25, -0.2) is 0 Å². The number of aliphatic hydroxyl groups excluding tert-OH is 1. The minimum Gasteiger partial charge on any atom is -0.389 e. The van der Waals surface area contributed by atoms with Crippen LogP contribution in [0.3, 0.4) is 0 Å². The molecule has 1 N–H and O–H groups in total. The third kappa shape index (κ3) is 3.11. The fraction of sp³-hybridized carbons (Fsp3) is 0.778. The van der Waals surface area contributed by atoms with Crippen LogP contribution in [0.1, 0.15) is 32.1 Å². The standard InChI is InChI=1S/C9H15IO/c10-7-6-9(11)8-4-2-1-3-5-8/h6-9,11H,1-5H2/b7-6+/t9-/m0/s1. The third-order valence-electron chi connectivity index (χ3n) is 2.40. The maximum atomic E-state index is 9.58. The van der Waals surface area contributed by atoms with Crippen molar-refractivity contribution in [2.45, 2.75) is 38.2 Å². The van der Waals surface area contributed by atoms with Crippen LogP contribution < -0.4 is 0 Å². The van der Waals surface area contributed by atoms with Crippen LogP contribution in [0.5, 0.6) is 0 Å². The lowest BCUT2D eigenvalue weighted by molar-refractivity contribution is 0.125. The van der Waals surface area contributed by atoms with Gasteiger partial charge in [-0.3, -0.25) is 0 Å². The first-order valence-electron chi connectivity index (χ1n) is 4.29. The molecule has 0 aliphatic heterocycles. The molecule has 0 heterocycles. The summed E-state index contributed by atoms with van der Waals surface area (Å²) in [6.45, 7) is 0. The van der Waals surface area contributed by atoms with E-state index in [4.69, 9.17) is 0 Å². The van der Waals surface area contributed by atoms with Gasteiger partial charge in [-0.15, -0.1) is 0 Å². The van der Waals surface area contributed by atoms with Gasteiger partial charge < -0.3 is 5.11 Å². The van der Waals surface area contributed by atoms with Crippen molar-refractivity contribution in [3.8, 4) is 0 Å². The highest BCUT2D eigenvalue weighted by Gasteiger charge is 2.18. The second-order valence-corrected chi connectivity index (χ2v) is 3.93. The van der Waals surface area contributed by atoms with E-state index in [1.54, 1.807) is 0 Å². The Kier molecular flexibility index (Phi) is 4.45. The minimum absolute atomic E-state index is 0.188. The van der Waals surface area contributed by atoms with E-state index in [0.29, 0.717) is 5.92 Å². The van der Waals surface area contributed by atoms with Crippen LogP contribution in [-0.4, -0.2) is 11.2 Å². The molecule has 0 aromatic heterocycles. The molecule has 1 saturated carbocycles. The van der Waals surface area contributed by atoms with Gasteiger partial charge in [-0.2, -0.15) is 0 Å². The zero-order valence-electron chi connectivity index (χ0n) is 6.67. The molecule has 64 valence electrons. The van der Waals surface area contributed by atoms with Crippen molar-refractivity contribution >= 4 is 22.6 Å². The lowest BCUT2D eigenvalue weighted by Gasteiger charge is -2.24. The summed E-state index contributed by atoms with van der Waals surface area (Å²) >= 11 is 2.16. The molecule has 1 aliphatic carbocycles. The normalized spacial score (nSPS) is 24.2. The van der Waals surface area contributed by atoms with Gasteiger partial charge in [0, 0.05) is 0 Å². The van der Waals surface area contributed by atoms with E-state index in [1.165, 1.54) is 32.1 Å². The number of rotatable bonds is 2. The molecule has 0 spiro atoms. The van der Waals surface area contributed by atoms with Gasteiger partial charge in [0.1, 0.15) is 0 Å². The van der Waals surface area contributed by atoms with Crippen LogP contribution in [0.15, 0.2) is 10.2 Å². The first-order valence-corrected chi connectivity index (χ1v) is 5.54. The molecule has 1 rings (SSSR count). The maximum Gasteiger partial charge on any atom is 0.0756 e. The average Bonchev–Trinajstić information content (AvgIpc) is 2.07. The molecule has 1 nitrogen and oxygen atoms in total. The first kappa shape index (κ1) is 9.52. The van der Waals surface area contributed by atoms with E-state index < -0.39 is 0 Å². The molecule has 2 heteroatoms. The third-order valence-corrected chi connectivity index (χ3v) is 2.82. The van der Waals surface area contributed by atoms with Gasteiger partial charge in [0.2, 0.25) is 0 Å². The molecule has 1 atom stereocenters. The second-order valence-electron chi connectivity index (χ2n) is 3.21. The van der Waals surface area contributed by atoms with Gasteiger partial charge >= 0.3 is 0 Å². The Hall–Kier alpha value is 0.430. The number of aliphatic hydroxyl groups is 1. The van der Waals surface area contributed by atoms with Crippen LogP contribution in [-0.2, 0) is 0 Å². The zero-order valence-corrected chi connectivity index (χ0v) is 8.83. The summed E-state index contributed by atoms with van der Waals surface area (Å²) in [5.41, 5.74) is 0. The zero-order chi connectivity index (χ0) is 8.10. The molecule has 0 saturated heterocycles. The van der Waals surface area contributed by atoms with Crippen LogP contribution in [0.2, 0.25) is 0 Å². The minimum atomic E-state index is -0.188. The van der Waals surface area contributed by atoms with Crippen molar-refractivity contribution in [3.05, 3.63) is 10.2 Å². The lowest BCUT2D eigenvalue weighted by atomic mass is 9.85. The summed E-state index contributed by atoms with van der Waals surface area (Å²) in [6.07, 6.45) is 8.10. The summed E-state index contributed by atoms with van der Waals surface area (Å²) in [4.78, 5) is 0. The fourth-order valence-corrected chi connectivity index (χ4v) is 2.13. The number of halogens is 1. The van der Waals surface area contributed by atoms with Crippen molar-refractivity contribution in [2.75, 3.05) is 0 Å². The highest BCUT2D eigenvalue weighted by molar-refractivity contribution is 14.1. The van der Waals surface area contributed by atoms with Crippen molar-refractivity contribution in [1.82, 2.24) is 0 Å². The Labute approximate surface area is 82.0 Å². The molecule has 0 bridgehead atoms. The lowest BCUT2D eigenvalue weighted by Crippen LogP contribution is -2.20. The molecular formula is C9H15IO.